The van der Waals surface area contributed by atoms with Crippen molar-refractivity contribution in [1.82, 2.24) is 14.7 Å². The maximum atomic E-state index is 13.0. The molecule has 0 spiro atoms. The molecule has 1 aromatic carbocycles. The van der Waals surface area contributed by atoms with E-state index in [1.54, 1.807) is 19.3 Å². The molecule has 2 aromatic rings. The van der Waals surface area contributed by atoms with E-state index >= 15 is 0 Å². The monoisotopic (exact) mass is 403 g/mol. The first-order valence-electron chi connectivity index (χ1n) is 9.53. The molecule has 150 valence electrons. The topological polar surface area (TPSA) is 80.0 Å². The Hall–Kier alpha value is -2.39. The Morgan fingerprint density at radius 3 is 2.64 bits per heavy atom. The van der Waals surface area contributed by atoms with Crippen LogP contribution in [0.2, 0.25) is 0 Å². The highest BCUT2D eigenvalue weighted by Gasteiger charge is 2.36. The van der Waals surface area contributed by atoms with Crippen molar-refractivity contribution < 1.29 is 13.3 Å². The fourth-order valence-corrected chi connectivity index (χ4v) is 5.07. The number of anilines is 1. The van der Waals surface area contributed by atoms with Gasteiger partial charge in [0.2, 0.25) is 5.03 Å². The number of hydrogen-bond acceptors (Lipinski definition) is 6. The molecule has 0 atom stereocenters. The molecule has 1 saturated heterocycles. The summed E-state index contributed by atoms with van der Waals surface area (Å²) in [4.78, 5) is 8.03. The van der Waals surface area contributed by atoms with Gasteiger partial charge in [-0.2, -0.15) is 13.5 Å². The average Bonchev–Trinajstić information content (AvgIpc) is 3.08. The molecule has 9 heteroatoms. The zero-order chi connectivity index (χ0) is 19.7. The quantitative estimate of drug-likeness (QED) is 0.575. The molecule has 0 radical (unpaired) electrons. The fourth-order valence-electron chi connectivity index (χ4n) is 3.74. The van der Waals surface area contributed by atoms with Crippen LogP contribution in [0.15, 0.2) is 40.6 Å². The van der Waals surface area contributed by atoms with Gasteiger partial charge in [-0.25, -0.2) is 0 Å². The van der Waals surface area contributed by atoms with Gasteiger partial charge < -0.3 is 4.84 Å². The van der Waals surface area contributed by atoms with Crippen LogP contribution in [0.5, 0.6) is 0 Å². The minimum atomic E-state index is -3.77. The summed E-state index contributed by atoms with van der Waals surface area (Å²) in [6.07, 6.45) is 5.42. The maximum Gasteiger partial charge on any atom is 0.284 e. The van der Waals surface area contributed by atoms with Crippen LogP contribution in [0.3, 0.4) is 0 Å². The van der Waals surface area contributed by atoms with E-state index in [-0.39, 0.29) is 5.03 Å². The highest BCUT2D eigenvalue weighted by atomic mass is 32.2. The Labute approximate surface area is 165 Å². The first kappa shape index (κ1) is 18.9. The molecule has 8 nitrogen and oxygen atoms in total. The van der Waals surface area contributed by atoms with Gasteiger partial charge in [-0.15, -0.1) is 0 Å². The highest BCUT2D eigenvalue weighted by molar-refractivity contribution is 7.92. The summed E-state index contributed by atoms with van der Waals surface area (Å²) in [5.74, 6) is 0. The first-order chi connectivity index (χ1) is 13.5. The first-order valence-corrected chi connectivity index (χ1v) is 11.0. The van der Waals surface area contributed by atoms with Gasteiger partial charge in [-0.05, 0) is 32.0 Å². The number of hydrogen-bond donors (Lipinski definition) is 0. The van der Waals surface area contributed by atoms with Gasteiger partial charge in [0, 0.05) is 32.4 Å². The summed E-state index contributed by atoms with van der Waals surface area (Å²) >= 11 is 0. The van der Waals surface area contributed by atoms with Crippen LogP contribution in [-0.2, 0) is 21.9 Å². The minimum absolute atomic E-state index is 0.00733. The zero-order valence-electron chi connectivity index (χ0n) is 16.2. The van der Waals surface area contributed by atoms with Crippen LogP contribution in [0, 0.1) is 0 Å². The largest absolute Gasteiger partial charge is 0.394 e. The molecule has 4 rings (SSSR count). The van der Waals surface area contributed by atoms with Crippen molar-refractivity contribution in [3.63, 3.8) is 0 Å². The van der Waals surface area contributed by atoms with E-state index in [0.717, 1.165) is 19.6 Å². The maximum absolute atomic E-state index is 13.0. The lowest BCUT2D eigenvalue weighted by Crippen LogP contribution is -2.32. The number of benzene rings is 1. The normalized spacial score (nSPS) is 20.5. The summed E-state index contributed by atoms with van der Waals surface area (Å²) < 4.78 is 28.8. The van der Waals surface area contributed by atoms with Gasteiger partial charge in [0.05, 0.1) is 11.3 Å². The van der Waals surface area contributed by atoms with Crippen molar-refractivity contribution in [3.8, 4) is 0 Å². The second-order valence-corrected chi connectivity index (χ2v) is 9.07. The standard InChI is InChI=1S/C19H25N5O3S/c1-22-14-16-18(21-27-13-12-24-10-6-3-7-11-24)15-8-4-5-9-17(15)23(2)28(25,26)19(16)20-22/h4-5,8-9,14H,3,6-7,10-13H2,1-2H3/b21-18-. The molecule has 0 N–H and O–H groups in total. The van der Waals surface area contributed by atoms with Crippen LogP contribution < -0.4 is 4.31 Å². The molecule has 28 heavy (non-hydrogen) atoms. The molecule has 1 fully saturated rings. The molecule has 0 amide bonds. The number of aromatic nitrogens is 2. The third-order valence-electron chi connectivity index (χ3n) is 5.26. The van der Waals surface area contributed by atoms with Gasteiger partial charge in [-0.3, -0.25) is 13.9 Å². The lowest BCUT2D eigenvalue weighted by atomic mass is 10.0. The van der Waals surface area contributed by atoms with E-state index in [9.17, 15) is 8.42 Å². The average molecular weight is 404 g/mol. The van der Waals surface area contributed by atoms with Crippen molar-refractivity contribution in [2.45, 2.75) is 24.3 Å². The Kier molecular flexibility index (Phi) is 5.11. The van der Waals surface area contributed by atoms with Crippen molar-refractivity contribution in [1.29, 1.82) is 0 Å². The lowest BCUT2D eigenvalue weighted by molar-refractivity contribution is 0.103. The van der Waals surface area contributed by atoms with Gasteiger partial charge in [-0.1, -0.05) is 29.8 Å². The second kappa shape index (κ2) is 7.56. The summed E-state index contributed by atoms with van der Waals surface area (Å²) in [7, 11) is -0.540. The molecule has 2 aliphatic rings. The van der Waals surface area contributed by atoms with Gasteiger partial charge in [0.1, 0.15) is 12.3 Å². The van der Waals surface area contributed by atoms with E-state index < -0.39 is 10.0 Å². The third kappa shape index (κ3) is 3.40. The SMILES string of the molecule is CN1c2ccccc2/C(=N/OCCN2CCCCC2)c2cn(C)nc2S1(=O)=O. The fraction of sp³-hybridized carbons (Fsp3) is 0.474. The smallest absolute Gasteiger partial charge is 0.284 e. The molecule has 3 heterocycles. The van der Waals surface area contributed by atoms with E-state index in [4.69, 9.17) is 4.84 Å². The summed E-state index contributed by atoms with van der Waals surface area (Å²) in [6, 6.07) is 7.30. The van der Waals surface area contributed by atoms with Crippen LogP contribution >= 0.6 is 0 Å². The van der Waals surface area contributed by atoms with Gasteiger partial charge in [0.25, 0.3) is 10.0 Å². The van der Waals surface area contributed by atoms with E-state index in [1.165, 1.54) is 35.3 Å². The number of rotatable bonds is 4. The van der Waals surface area contributed by atoms with E-state index in [1.807, 2.05) is 18.2 Å². The predicted octanol–water partition coefficient (Wildman–Crippen LogP) is 1.81. The summed E-state index contributed by atoms with van der Waals surface area (Å²) in [6.45, 7) is 3.47. The Balaban J connectivity index is 1.68. The van der Waals surface area contributed by atoms with Gasteiger partial charge in [0.15, 0.2) is 0 Å². The number of aryl methyl sites for hydroxylation is 1. The number of fused-ring (bicyclic) bond motifs is 2. The van der Waals surface area contributed by atoms with Crippen LogP contribution in [-0.4, -0.2) is 62.1 Å². The third-order valence-corrected chi connectivity index (χ3v) is 6.96. The number of para-hydroxylation sites is 1. The molecule has 0 bridgehead atoms. The van der Waals surface area contributed by atoms with Crippen molar-refractivity contribution in [3.05, 3.63) is 41.6 Å². The Morgan fingerprint density at radius 1 is 1.11 bits per heavy atom. The van der Waals surface area contributed by atoms with E-state index in [0.29, 0.717) is 29.1 Å². The molecule has 2 aliphatic heterocycles. The summed E-state index contributed by atoms with van der Waals surface area (Å²) in [5.41, 5.74) is 2.21. The minimum Gasteiger partial charge on any atom is -0.394 e. The van der Waals surface area contributed by atoms with Crippen LogP contribution in [0.25, 0.3) is 0 Å². The number of piperidine rings is 1. The van der Waals surface area contributed by atoms with Crippen LogP contribution in [0.4, 0.5) is 5.69 Å². The zero-order valence-corrected chi connectivity index (χ0v) is 17.0. The number of sulfonamides is 1. The molecule has 0 unspecified atom stereocenters. The van der Waals surface area contributed by atoms with Crippen LogP contribution in [0.1, 0.15) is 30.4 Å². The van der Waals surface area contributed by atoms with Gasteiger partial charge >= 0.3 is 0 Å². The number of likely N-dealkylation sites (tertiary alicyclic amines) is 1. The predicted molar refractivity (Wildman–Crippen MR) is 107 cm³/mol. The molecule has 0 aliphatic carbocycles. The Morgan fingerprint density at radius 2 is 1.86 bits per heavy atom. The van der Waals surface area contributed by atoms with Crippen molar-refractivity contribution in [2.75, 3.05) is 37.6 Å². The number of nitrogens with zero attached hydrogens (tertiary/aromatic N) is 5. The molecule has 0 saturated carbocycles. The number of oxime groups is 1. The summed E-state index contributed by atoms with van der Waals surface area (Å²) in [5, 5.41) is 8.55. The molecular weight excluding hydrogens is 378 g/mol. The van der Waals surface area contributed by atoms with Crippen molar-refractivity contribution in [2.24, 2.45) is 12.2 Å². The lowest BCUT2D eigenvalue weighted by Gasteiger charge is -2.25. The molecule has 1 aromatic heterocycles. The second-order valence-electron chi connectivity index (χ2n) is 7.19. The van der Waals surface area contributed by atoms with E-state index in [2.05, 4.69) is 15.2 Å². The van der Waals surface area contributed by atoms with Crippen molar-refractivity contribution >= 4 is 21.4 Å². The highest BCUT2D eigenvalue weighted by Crippen LogP contribution is 2.33. The molecular formula is C19H25N5O3S. The Bertz CT molecular complexity index is 993.